The Kier molecular flexibility index (Phi) is 3.61. The molecule has 0 bridgehead atoms. The van der Waals surface area contributed by atoms with Gasteiger partial charge in [0.1, 0.15) is 0 Å². The van der Waals surface area contributed by atoms with Crippen molar-refractivity contribution in [3.05, 3.63) is 34.2 Å². The van der Waals surface area contributed by atoms with Crippen LogP contribution >= 0.6 is 0 Å². The number of nitrogens with one attached hydrogen (secondary N) is 1. The Morgan fingerprint density at radius 1 is 1.41 bits per heavy atom. The fourth-order valence-electron chi connectivity index (χ4n) is 2.23. The summed E-state index contributed by atoms with van der Waals surface area (Å²) in [5.74, 6) is 0.664. The molecule has 1 aliphatic heterocycles. The number of rotatable bonds is 1. The van der Waals surface area contributed by atoms with Crippen LogP contribution in [0.1, 0.15) is 36.5 Å². The van der Waals surface area contributed by atoms with E-state index in [1.165, 1.54) is 18.7 Å². The Labute approximate surface area is 101 Å². The third kappa shape index (κ3) is 2.96. The lowest BCUT2D eigenvalue weighted by atomic mass is 10.0. The number of aromatic nitrogens is 1. The number of nitrogens with zero attached hydrogens (tertiary/aromatic N) is 1. The number of amides is 1. The van der Waals surface area contributed by atoms with Crippen LogP contribution in [0.4, 0.5) is 0 Å². The summed E-state index contributed by atoms with van der Waals surface area (Å²) in [5.41, 5.74) is 0.266. The maximum atomic E-state index is 12.2. The highest BCUT2D eigenvalue weighted by Gasteiger charge is 2.19. The average molecular weight is 234 g/mol. The number of hydrogen-bond donors (Lipinski definition) is 1. The van der Waals surface area contributed by atoms with Crippen LogP contribution in [-0.4, -0.2) is 28.9 Å². The van der Waals surface area contributed by atoms with Crippen LogP contribution in [0.25, 0.3) is 0 Å². The first-order chi connectivity index (χ1) is 8.16. The summed E-state index contributed by atoms with van der Waals surface area (Å²) in [7, 11) is 0. The molecule has 1 aromatic heterocycles. The Bertz CT molecular complexity index is 453. The summed E-state index contributed by atoms with van der Waals surface area (Å²) in [4.78, 5) is 27.7. The minimum absolute atomic E-state index is 0.0230. The average Bonchev–Trinajstić information content (AvgIpc) is 2.53. The second-order valence-electron chi connectivity index (χ2n) is 4.77. The van der Waals surface area contributed by atoms with Gasteiger partial charge in [0, 0.05) is 30.9 Å². The predicted octanol–water partition coefficient (Wildman–Crippen LogP) is 1.64. The first-order valence-electron chi connectivity index (χ1n) is 6.15. The Hall–Kier alpha value is -1.58. The van der Waals surface area contributed by atoms with E-state index < -0.39 is 0 Å². The van der Waals surface area contributed by atoms with Gasteiger partial charge in [0.15, 0.2) is 0 Å². The van der Waals surface area contributed by atoms with Crippen molar-refractivity contribution in [3.8, 4) is 0 Å². The minimum atomic E-state index is -0.223. The van der Waals surface area contributed by atoms with E-state index in [1.807, 2.05) is 4.90 Å². The first kappa shape index (κ1) is 11.9. The maximum absolute atomic E-state index is 12.2. The number of carbonyl (C=O) groups excluding carboxylic acids is 1. The van der Waals surface area contributed by atoms with E-state index in [4.69, 9.17) is 0 Å². The molecule has 1 N–H and O–H groups in total. The standard InChI is InChI=1S/C13H18N2O2/c1-10-3-2-7-15(8-5-10)13(17)11-4-6-14-12(16)9-11/h4,6,9-10H,2-3,5,7-8H2,1H3,(H,14,16). The van der Waals surface area contributed by atoms with Gasteiger partial charge in [0.05, 0.1) is 0 Å². The number of hydrogen-bond acceptors (Lipinski definition) is 2. The van der Waals surface area contributed by atoms with Crippen molar-refractivity contribution in [2.24, 2.45) is 5.92 Å². The molecule has 2 heterocycles. The van der Waals surface area contributed by atoms with E-state index in [-0.39, 0.29) is 11.5 Å². The molecule has 1 amide bonds. The van der Waals surface area contributed by atoms with Crippen LogP contribution in [-0.2, 0) is 0 Å². The molecule has 0 aromatic carbocycles. The maximum Gasteiger partial charge on any atom is 0.254 e. The zero-order valence-electron chi connectivity index (χ0n) is 10.1. The fourth-order valence-corrected chi connectivity index (χ4v) is 2.23. The first-order valence-corrected chi connectivity index (χ1v) is 6.15. The number of pyridine rings is 1. The summed E-state index contributed by atoms with van der Waals surface area (Å²) in [6.07, 6.45) is 4.81. The van der Waals surface area contributed by atoms with Gasteiger partial charge in [-0.1, -0.05) is 6.92 Å². The van der Waals surface area contributed by atoms with E-state index in [1.54, 1.807) is 6.07 Å². The zero-order chi connectivity index (χ0) is 12.3. The molecule has 1 fully saturated rings. The molecule has 4 heteroatoms. The molecule has 0 spiro atoms. The highest BCUT2D eigenvalue weighted by atomic mass is 16.2. The number of H-pyrrole nitrogens is 1. The molecule has 1 unspecified atom stereocenters. The molecule has 1 aromatic rings. The lowest BCUT2D eigenvalue weighted by Crippen LogP contribution is -2.32. The second-order valence-corrected chi connectivity index (χ2v) is 4.77. The lowest BCUT2D eigenvalue weighted by molar-refractivity contribution is 0.0760. The van der Waals surface area contributed by atoms with Gasteiger partial charge in [-0.2, -0.15) is 0 Å². The summed E-state index contributed by atoms with van der Waals surface area (Å²) >= 11 is 0. The highest BCUT2D eigenvalue weighted by Crippen LogP contribution is 2.17. The molecule has 4 nitrogen and oxygen atoms in total. The predicted molar refractivity (Wildman–Crippen MR) is 66.0 cm³/mol. The zero-order valence-corrected chi connectivity index (χ0v) is 10.1. The summed E-state index contributed by atoms with van der Waals surface area (Å²) in [6, 6.07) is 3.04. The van der Waals surface area contributed by atoms with Crippen LogP contribution in [0.15, 0.2) is 23.1 Å². The normalized spacial score (nSPS) is 21.0. The molecular weight excluding hydrogens is 216 g/mol. The van der Waals surface area contributed by atoms with Gasteiger partial charge in [-0.25, -0.2) is 0 Å². The van der Waals surface area contributed by atoms with Gasteiger partial charge in [-0.15, -0.1) is 0 Å². The molecule has 2 rings (SSSR count). The number of likely N-dealkylation sites (tertiary alicyclic amines) is 1. The molecular formula is C13H18N2O2. The van der Waals surface area contributed by atoms with Gasteiger partial charge < -0.3 is 9.88 Å². The van der Waals surface area contributed by atoms with Crippen LogP contribution in [0.5, 0.6) is 0 Å². The summed E-state index contributed by atoms with van der Waals surface area (Å²) < 4.78 is 0. The third-order valence-corrected chi connectivity index (χ3v) is 3.33. The Balaban J connectivity index is 2.11. The van der Waals surface area contributed by atoms with E-state index >= 15 is 0 Å². The molecule has 0 saturated carbocycles. The monoisotopic (exact) mass is 234 g/mol. The van der Waals surface area contributed by atoms with Crippen molar-refractivity contribution < 1.29 is 4.79 Å². The van der Waals surface area contributed by atoms with Gasteiger partial charge >= 0.3 is 0 Å². The fraction of sp³-hybridized carbons (Fsp3) is 0.538. The molecule has 17 heavy (non-hydrogen) atoms. The van der Waals surface area contributed by atoms with E-state index in [0.29, 0.717) is 11.5 Å². The molecule has 1 atom stereocenters. The Morgan fingerprint density at radius 3 is 3.00 bits per heavy atom. The van der Waals surface area contributed by atoms with Crippen molar-refractivity contribution in [3.63, 3.8) is 0 Å². The van der Waals surface area contributed by atoms with Gasteiger partial charge in [-0.05, 0) is 31.2 Å². The molecule has 0 radical (unpaired) electrons. The highest BCUT2D eigenvalue weighted by molar-refractivity contribution is 5.94. The van der Waals surface area contributed by atoms with Crippen molar-refractivity contribution in [1.29, 1.82) is 0 Å². The van der Waals surface area contributed by atoms with Gasteiger partial charge in [0.2, 0.25) is 5.56 Å². The van der Waals surface area contributed by atoms with Gasteiger partial charge in [-0.3, -0.25) is 9.59 Å². The summed E-state index contributed by atoms with van der Waals surface area (Å²) in [6.45, 7) is 3.82. The summed E-state index contributed by atoms with van der Waals surface area (Å²) in [5, 5.41) is 0. The van der Waals surface area contributed by atoms with E-state index in [0.717, 1.165) is 25.9 Å². The van der Waals surface area contributed by atoms with Crippen molar-refractivity contribution in [1.82, 2.24) is 9.88 Å². The van der Waals surface area contributed by atoms with Crippen molar-refractivity contribution in [2.75, 3.05) is 13.1 Å². The lowest BCUT2D eigenvalue weighted by Gasteiger charge is -2.20. The third-order valence-electron chi connectivity index (χ3n) is 3.33. The van der Waals surface area contributed by atoms with Crippen LogP contribution in [0, 0.1) is 5.92 Å². The number of aromatic amines is 1. The minimum Gasteiger partial charge on any atom is -0.339 e. The molecule has 1 aliphatic rings. The van der Waals surface area contributed by atoms with Crippen LogP contribution in [0.3, 0.4) is 0 Å². The Morgan fingerprint density at radius 2 is 2.24 bits per heavy atom. The van der Waals surface area contributed by atoms with Gasteiger partial charge in [0.25, 0.3) is 5.91 Å². The van der Waals surface area contributed by atoms with Crippen molar-refractivity contribution >= 4 is 5.91 Å². The SMILES string of the molecule is CC1CCCN(C(=O)c2cc[nH]c(=O)c2)CC1. The van der Waals surface area contributed by atoms with E-state index in [9.17, 15) is 9.59 Å². The number of carbonyl (C=O) groups is 1. The molecule has 1 saturated heterocycles. The van der Waals surface area contributed by atoms with Crippen LogP contribution in [0.2, 0.25) is 0 Å². The van der Waals surface area contributed by atoms with Crippen molar-refractivity contribution in [2.45, 2.75) is 26.2 Å². The second kappa shape index (κ2) is 5.17. The topological polar surface area (TPSA) is 53.2 Å². The largest absolute Gasteiger partial charge is 0.339 e. The quantitative estimate of drug-likeness (QED) is 0.803. The van der Waals surface area contributed by atoms with E-state index in [2.05, 4.69) is 11.9 Å². The smallest absolute Gasteiger partial charge is 0.254 e. The molecule has 0 aliphatic carbocycles. The molecule has 92 valence electrons. The van der Waals surface area contributed by atoms with Crippen LogP contribution < -0.4 is 5.56 Å².